The number of fused-ring (bicyclic) bond motifs is 5. The number of nitrogens with zero attached hydrogens (tertiary/aromatic N) is 6. The van der Waals surface area contributed by atoms with Gasteiger partial charge in [0.25, 0.3) is 5.78 Å². The van der Waals surface area contributed by atoms with E-state index in [9.17, 15) is 0 Å². The molecule has 8 heteroatoms. The van der Waals surface area contributed by atoms with Crippen molar-refractivity contribution in [2.75, 3.05) is 31.1 Å². The molecule has 1 saturated heterocycles. The number of nitrogens with one attached hydrogen (secondary N) is 1. The molecule has 2 aliphatic heterocycles. The second-order valence-electron chi connectivity index (χ2n) is 7.48. The third-order valence-electron chi connectivity index (χ3n) is 5.74. The molecule has 0 bridgehead atoms. The average Bonchev–Trinajstić information content (AvgIpc) is 3.24. The van der Waals surface area contributed by atoms with Crippen molar-refractivity contribution < 1.29 is 4.90 Å². The first-order valence-electron chi connectivity index (χ1n) is 9.35. The fourth-order valence-electron chi connectivity index (χ4n) is 4.35. The molecule has 1 N–H and O–H groups in total. The number of likely N-dealkylation sites (N-methyl/N-ethyl adjacent to an activating group) is 1. The first kappa shape index (κ1) is 15.5. The standard InChI is InChI=1S/C17H23N7S/c1-3-22-8-6-12-13(10-22)25-16-14(12)15(18-17-19-20-21-24(16)17)23-7-4-5-11(2)9-23/h11H,3-10H2,1-2H3/p+1/t11-/m1/s1. The lowest BCUT2D eigenvalue weighted by Crippen LogP contribution is -3.11. The van der Waals surface area contributed by atoms with Gasteiger partial charge >= 0.3 is 0 Å². The van der Waals surface area contributed by atoms with Crippen LogP contribution in [0.25, 0.3) is 16.0 Å². The number of hydrogen-bond acceptors (Lipinski definition) is 6. The number of aromatic nitrogens is 5. The lowest BCUT2D eigenvalue weighted by atomic mass is 9.99. The van der Waals surface area contributed by atoms with Crippen molar-refractivity contribution in [1.82, 2.24) is 25.0 Å². The van der Waals surface area contributed by atoms with Crippen LogP contribution in [0.1, 0.15) is 37.1 Å². The zero-order valence-electron chi connectivity index (χ0n) is 14.8. The van der Waals surface area contributed by atoms with Gasteiger partial charge in [0.15, 0.2) is 0 Å². The molecule has 0 spiro atoms. The van der Waals surface area contributed by atoms with E-state index < -0.39 is 0 Å². The molecular formula is C17H24N7S+. The topological polar surface area (TPSA) is 63.7 Å². The van der Waals surface area contributed by atoms with E-state index in [1.165, 1.54) is 46.6 Å². The second kappa shape index (κ2) is 5.88. The number of hydrogen-bond donors (Lipinski definition) is 1. The second-order valence-corrected chi connectivity index (χ2v) is 8.57. The Morgan fingerprint density at radius 1 is 1.36 bits per heavy atom. The Kier molecular flexibility index (Phi) is 3.63. The quantitative estimate of drug-likeness (QED) is 0.738. The van der Waals surface area contributed by atoms with E-state index in [-0.39, 0.29) is 0 Å². The zero-order chi connectivity index (χ0) is 17.0. The van der Waals surface area contributed by atoms with Gasteiger partial charge in [-0.15, -0.1) is 11.3 Å². The maximum absolute atomic E-state index is 4.89. The van der Waals surface area contributed by atoms with Gasteiger partial charge in [0.05, 0.1) is 23.4 Å². The van der Waals surface area contributed by atoms with Crippen LogP contribution in [0.5, 0.6) is 0 Å². The van der Waals surface area contributed by atoms with Crippen LogP contribution in [0.4, 0.5) is 5.82 Å². The van der Waals surface area contributed by atoms with Gasteiger partial charge in [-0.05, 0) is 41.7 Å². The van der Waals surface area contributed by atoms with Crippen molar-refractivity contribution in [2.45, 2.75) is 39.7 Å². The summed E-state index contributed by atoms with van der Waals surface area (Å²) in [6, 6.07) is 0. The molecule has 3 aromatic heterocycles. The minimum Gasteiger partial charge on any atom is -0.356 e. The predicted molar refractivity (Wildman–Crippen MR) is 98.3 cm³/mol. The fourth-order valence-corrected chi connectivity index (χ4v) is 5.71. The molecule has 0 aliphatic carbocycles. The van der Waals surface area contributed by atoms with E-state index in [0.717, 1.165) is 31.9 Å². The van der Waals surface area contributed by atoms with E-state index in [1.807, 2.05) is 15.9 Å². The van der Waals surface area contributed by atoms with Gasteiger partial charge in [0.1, 0.15) is 17.2 Å². The van der Waals surface area contributed by atoms with Crippen LogP contribution in [-0.4, -0.2) is 51.2 Å². The Labute approximate surface area is 150 Å². The highest BCUT2D eigenvalue weighted by Crippen LogP contribution is 2.38. The van der Waals surface area contributed by atoms with Gasteiger partial charge in [-0.25, -0.2) is 0 Å². The number of piperidine rings is 1. The Morgan fingerprint density at radius 3 is 3.12 bits per heavy atom. The molecular weight excluding hydrogens is 334 g/mol. The summed E-state index contributed by atoms with van der Waals surface area (Å²) in [5, 5.41) is 13.5. The van der Waals surface area contributed by atoms with E-state index in [0.29, 0.717) is 11.7 Å². The van der Waals surface area contributed by atoms with Gasteiger partial charge < -0.3 is 9.80 Å². The van der Waals surface area contributed by atoms with Crippen LogP contribution in [-0.2, 0) is 13.0 Å². The first-order valence-corrected chi connectivity index (χ1v) is 10.2. The first-order chi connectivity index (χ1) is 12.2. The smallest absolute Gasteiger partial charge is 0.276 e. The molecule has 0 saturated carbocycles. The Balaban J connectivity index is 1.73. The number of quaternary nitrogens is 1. The largest absolute Gasteiger partial charge is 0.356 e. The highest BCUT2D eigenvalue weighted by molar-refractivity contribution is 7.19. The molecule has 5 rings (SSSR count). The van der Waals surface area contributed by atoms with Crippen LogP contribution in [0, 0.1) is 5.92 Å². The van der Waals surface area contributed by atoms with Crippen molar-refractivity contribution in [3.8, 4) is 0 Å². The summed E-state index contributed by atoms with van der Waals surface area (Å²) >= 11 is 1.86. The maximum atomic E-state index is 4.89. The average molecular weight is 358 g/mol. The summed E-state index contributed by atoms with van der Waals surface area (Å²) < 4.78 is 1.83. The monoisotopic (exact) mass is 358 g/mol. The highest BCUT2D eigenvalue weighted by atomic mass is 32.1. The van der Waals surface area contributed by atoms with Crippen molar-refractivity contribution in [3.05, 3.63) is 10.4 Å². The summed E-state index contributed by atoms with van der Waals surface area (Å²) in [6.07, 6.45) is 3.68. The molecule has 132 valence electrons. The fraction of sp³-hybridized carbons (Fsp3) is 0.647. The molecule has 0 aromatic carbocycles. The van der Waals surface area contributed by atoms with Crippen molar-refractivity contribution >= 4 is 33.1 Å². The number of rotatable bonds is 2. The van der Waals surface area contributed by atoms with Crippen LogP contribution >= 0.6 is 11.3 Å². The van der Waals surface area contributed by atoms with E-state index in [4.69, 9.17) is 4.98 Å². The molecule has 7 nitrogen and oxygen atoms in total. The zero-order valence-corrected chi connectivity index (χ0v) is 15.6. The van der Waals surface area contributed by atoms with Crippen molar-refractivity contribution in [1.29, 1.82) is 0 Å². The third kappa shape index (κ3) is 2.42. The molecule has 2 atom stereocenters. The summed E-state index contributed by atoms with van der Waals surface area (Å²) in [7, 11) is 0. The van der Waals surface area contributed by atoms with E-state index >= 15 is 0 Å². The molecule has 25 heavy (non-hydrogen) atoms. The summed E-state index contributed by atoms with van der Waals surface area (Å²) in [6.45, 7) is 10.3. The summed E-state index contributed by atoms with van der Waals surface area (Å²) in [5.41, 5.74) is 1.50. The van der Waals surface area contributed by atoms with Crippen molar-refractivity contribution in [2.24, 2.45) is 5.92 Å². The lowest BCUT2D eigenvalue weighted by Gasteiger charge is -2.32. The van der Waals surface area contributed by atoms with Gasteiger partial charge in [-0.1, -0.05) is 12.0 Å². The van der Waals surface area contributed by atoms with Crippen LogP contribution < -0.4 is 9.80 Å². The Morgan fingerprint density at radius 2 is 2.28 bits per heavy atom. The summed E-state index contributed by atoms with van der Waals surface area (Å²) in [5.74, 6) is 2.45. The molecule has 0 radical (unpaired) electrons. The molecule has 3 aromatic rings. The molecule has 0 amide bonds. The third-order valence-corrected chi connectivity index (χ3v) is 6.95. The SMILES string of the molecule is CC[NH+]1CCc2c(sc3c2c(N2CCC[C@@H](C)C2)nc2nnnn23)C1. The molecule has 1 unspecified atom stereocenters. The van der Waals surface area contributed by atoms with E-state index in [1.54, 1.807) is 4.90 Å². The minimum atomic E-state index is 0.624. The van der Waals surface area contributed by atoms with Gasteiger partial charge in [-0.2, -0.15) is 9.50 Å². The van der Waals surface area contributed by atoms with Crippen LogP contribution in [0.2, 0.25) is 0 Å². The van der Waals surface area contributed by atoms with Crippen molar-refractivity contribution in [3.63, 3.8) is 0 Å². The number of anilines is 1. The van der Waals surface area contributed by atoms with Crippen LogP contribution in [0.3, 0.4) is 0 Å². The van der Waals surface area contributed by atoms with E-state index in [2.05, 4.69) is 34.3 Å². The van der Waals surface area contributed by atoms with Gasteiger partial charge in [-0.3, -0.25) is 0 Å². The number of tetrazole rings is 1. The number of thiophene rings is 1. The Hall–Kier alpha value is -1.80. The summed E-state index contributed by atoms with van der Waals surface area (Å²) in [4.78, 5) is 11.7. The maximum Gasteiger partial charge on any atom is 0.276 e. The molecule has 1 fully saturated rings. The van der Waals surface area contributed by atoms with Gasteiger partial charge in [0, 0.05) is 19.5 Å². The highest BCUT2D eigenvalue weighted by Gasteiger charge is 2.29. The Bertz CT molecular complexity index is 930. The predicted octanol–water partition coefficient (Wildman–Crippen LogP) is 0.931. The normalized spacial score (nSPS) is 24.2. The van der Waals surface area contributed by atoms with Crippen LogP contribution in [0.15, 0.2) is 0 Å². The molecule has 5 heterocycles. The minimum absolute atomic E-state index is 0.624. The molecule has 2 aliphatic rings. The van der Waals surface area contributed by atoms with Gasteiger partial charge in [0.2, 0.25) is 0 Å². The lowest BCUT2D eigenvalue weighted by molar-refractivity contribution is -0.913.